The van der Waals surface area contributed by atoms with E-state index in [-0.39, 0.29) is 24.1 Å². The molecule has 1 heterocycles. The van der Waals surface area contributed by atoms with Gasteiger partial charge in [-0.05, 0) is 38.5 Å². The monoisotopic (exact) mass is 277 g/mol. The molecule has 6 nitrogen and oxygen atoms in total. The van der Waals surface area contributed by atoms with Gasteiger partial charge in [0, 0.05) is 12.1 Å². The number of benzene rings is 1. The molecule has 1 aliphatic heterocycles. The number of nitrogens with one attached hydrogen (secondary N) is 3. The number of carbonyl (C=O) groups is 2. The molecule has 0 aliphatic carbocycles. The summed E-state index contributed by atoms with van der Waals surface area (Å²) in [7, 11) is 0. The van der Waals surface area contributed by atoms with Crippen LogP contribution in [0.25, 0.3) is 0 Å². The lowest BCUT2D eigenvalue weighted by molar-refractivity contribution is -0.118. The molecule has 1 aromatic carbocycles. The fourth-order valence-corrected chi connectivity index (χ4v) is 1.81. The van der Waals surface area contributed by atoms with Crippen molar-refractivity contribution in [2.45, 2.75) is 32.9 Å². The van der Waals surface area contributed by atoms with Gasteiger partial charge in [-0.25, -0.2) is 4.79 Å². The number of hydrogen-bond acceptors (Lipinski definition) is 3. The largest absolute Gasteiger partial charge is 0.482 e. The number of anilines is 1. The Morgan fingerprint density at radius 3 is 2.85 bits per heavy atom. The van der Waals surface area contributed by atoms with Crippen molar-refractivity contribution < 1.29 is 14.3 Å². The highest BCUT2D eigenvalue weighted by atomic mass is 16.5. The van der Waals surface area contributed by atoms with Gasteiger partial charge >= 0.3 is 6.03 Å². The normalized spacial score (nSPS) is 13.8. The first-order valence-corrected chi connectivity index (χ1v) is 6.45. The maximum Gasteiger partial charge on any atom is 0.315 e. The summed E-state index contributed by atoms with van der Waals surface area (Å²) in [5.41, 5.74) is 1.25. The quantitative estimate of drug-likeness (QED) is 0.768. The van der Waals surface area contributed by atoms with Gasteiger partial charge < -0.3 is 20.7 Å². The molecular weight excluding hydrogens is 258 g/mol. The van der Waals surface area contributed by atoms with Crippen LogP contribution in [0.4, 0.5) is 10.5 Å². The van der Waals surface area contributed by atoms with E-state index in [2.05, 4.69) is 16.0 Å². The van der Waals surface area contributed by atoms with Crippen LogP contribution in [-0.2, 0) is 11.3 Å². The summed E-state index contributed by atoms with van der Waals surface area (Å²) < 4.78 is 5.27. The van der Waals surface area contributed by atoms with Crippen LogP contribution < -0.4 is 20.7 Å². The molecule has 0 saturated carbocycles. The lowest BCUT2D eigenvalue weighted by Gasteiger charge is -2.21. The van der Waals surface area contributed by atoms with Gasteiger partial charge in [-0.2, -0.15) is 0 Å². The van der Waals surface area contributed by atoms with Crippen LogP contribution in [0.15, 0.2) is 18.2 Å². The summed E-state index contributed by atoms with van der Waals surface area (Å²) in [5, 5.41) is 8.32. The third-order valence-corrected chi connectivity index (χ3v) is 2.62. The number of urea groups is 1. The second kappa shape index (κ2) is 5.40. The van der Waals surface area contributed by atoms with Crippen molar-refractivity contribution in [3.63, 3.8) is 0 Å². The smallest absolute Gasteiger partial charge is 0.315 e. The van der Waals surface area contributed by atoms with Crippen LogP contribution in [0.3, 0.4) is 0 Å². The molecule has 1 aliphatic rings. The molecule has 0 bridgehead atoms. The summed E-state index contributed by atoms with van der Waals surface area (Å²) >= 11 is 0. The SMILES string of the molecule is CC(C)(C)NC(=O)NCc1ccc2c(c1)NC(=O)CO2. The number of ether oxygens (including phenoxy) is 1. The van der Waals surface area contributed by atoms with E-state index in [4.69, 9.17) is 4.74 Å². The summed E-state index contributed by atoms with van der Waals surface area (Å²) in [6, 6.07) is 5.21. The van der Waals surface area contributed by atoms with E-state index in [1.807, 2.05) is 26.8 Å². The Morgan fingerprint density at radius 2 is 2.15 bits per heavy atom. The average Bonchev–Trinajstić information content (AvgIpc) is 2.33. The molecule has 6 heteroatoms. The number of hydrogen-bond donors (Lipinski definition) is 3. The molecule has 0 fully saturated rings. The number of amides is 3. The molecule has 20 heavy (non-hydrogen) atoms. The van der Waals surface area contributed by atoms with E-state index in [0.717, 1.165) is 5.56 Å². The Balaban J connectivity index is 1.96. The van der Waals surface area contributed by atoms with E-state index in [9.17, 15) is 9.59 Å². The zero-order valence-corrected chi connectivity index (χ0v) is 11.9. The van der Waals surface area contributed by atoms with E-state index in [0.29, 0.717) is 18.0 Å². The fourth-order valence-electron chi connectivity index (χ4n) is 1.81. The second-order valence-corrected chi connectivity index (χ2v) is 5.73. The van der Waals surface area contributed by atoms with Crippen LogP contribution in [0.1, 0.15) is 26.3 Å². The minimum Gasteiger partial charge on any atom is -0.482 e. The molecule has 0 unspecified atom stereocenters. The van der Waals surface area contributed by atoms with Crippen molar-refractivity contribution in [1.82, 2.24) is 10.6 Å². The molecule has 0 aromatic heterocycles. The molecule has 0 spiro atoms. The zero-order chi connectivity index (χ0) is 14.8. The first-order valence-electron chi connectivity index (χ1n) is 6.45. The maximum absolute atomic E-state index is 11.7. The Bertz CT molecular complexity index is 535. The molecule has 0 radical (unpaired) electrons. The average molecular weight is 277 g/mol. The first-order chi connectivity index (χ1) is 9.33. The Morgan fingerprint density at radius 1 is 1.40 bits per heavy atom. The van der Waals surface area contributed by atoms with Crippen molar-refractivity contribution >= 4 is 17.6 Å². The van der Waals surface area contributed by atoms with Gasteiger partial charge in [0.2, 0.25) is 0 Å². The van der Waals surface area contributed by atoms with Crippen LogP contribution >= 0.6 is 0 Å². The topological polar surface area (TPSA) is 79.5 Å². The van der Waals surface area contributed by atoms with Crippen molar-refractivity contribution in [3.8, 4) is 5.75 Å². The molecule has 108 valence electrons. The number of fused-ring (bicyclic) bond motifs is 1. The summed E-state index contributed by atoms with van der Waals surface area (Å²) in [5.74, 6) is 0.473. The summed E-state index contributed by atoms with van der Waals surface area (Å²) in [4.78, 5) is 22.9. The highest BCUT2D eigenvalue weighted by Crippen LogP contribution is 2.28. The first kappa shape index (κ1) is 14.2. The minimum absolute atomic E-state index is 0.0403. The van der Waals surface area contributed by atoms with E-state index >= 15 is 0 Å². The lowest BCUT2D eigenvalue weighted by Crippen LogP contribution is -2.46. The highest BCUT2D eigenvalue weighted by Gasteiger charge is 2.16. The molecule has 0 saturated heterocycles. The van der Waals surface area contributed by atoms with Gasteiger partial charge in [-0.3, -0.25) is 4.79 Å². The Labute approximate surface area is 117 Å². The molecule has 1 aromatic rings. The van der Waals surface area contributed by atoms with Gasteiger partial charge in [0.25, 0.3) is 5.91 Å². The standard InChI is InChI=1S/C14H19N3O3/c1-14(2,3)17-13(19)15-7-9-4-5-11-10(6-9)16-12(18)8-20-11/h4-6H,7-8H2,1-3H3,(H,16,18)(H2,15,17,19). The number of rotatable bonds is 2. The molecule has 2 rings (SSSR count). The highest BCUT2D eigenvalue weighted by molar-refractivity contribution is 5.95. The molecule has 3 amide bonds. The summed E-state index contributed by atoms with van der Waals surface area (Å²) in [6.45, 7) is 6.17. The maximum atomic E-state index is 11.7. The van der Waals surface area contributed by atoms with Gasteiger partial charge in [0.1, 0.15) is 5.75 Å². The van der Waals surface area contributed by atoms with E-state index in [1.54, 1.807) is 12.1 Å². The predicted molar refractivity (Wildman–Crippen MR) is 75.7 cm³/mol. The predicted octanol–water partition coefficient (Wildman–Crippen LogP) is 1.62. The van der Waals surface area contributed by atoms with Crippen LogP contribution in [0, 0.1) is 0 Å². The van der Waals surface area contributed by atoms with Gasteiger partial charge in [-0.15, -0.1) is 0 Å². The third-order valence-electron chi connectivity index (χ3n) is 2.62. The number of carbonyl (C=O) groups excluding carboxylic acids is 2. The molecular formula is C14H19N3O3. The van der Waals surface area contributed by atoms with Gasteiger partial charge in [0.15, 0.2) is 6.61 Å². The van der Waals surface area contributed by atoms with Crippen LogP contribution in [-0.4, -0.2) is 24.1 Å². The van der Waals surface area contributed by atoms with Crippen LogP contribution in [0.2, 0.25) is 0 Å². The van der Waals surface area contributed by atoms with Gasteiger partial charge in [-0.1, -0.05) is 6.07 Å². The van der Waals surface area contributed by atoms with Crippen LogP contribution in [0.5, 0.6) is 5.75 Å². The Hall–Kier alpha value is -2.24. The van der Waals surface area contributed by atoms with Gasteiger partial charge in [0.05, 0.1) is 5.69 Å². The van der Waals surface area contributed by atoms with Crippen molar-refractivity contribution in [2.24, 2.45) is 0 Å². The third kappa shape index (κ3) is 3.88. The molecule has 3 N–H and O–H groups in total. The van der Waals surface area contributed by atoms with E-state index < -0.39 is 0 Å². The van der Waals surface area contributed by atoms with Crippen molar-refractivity contribution in [1.29, 1.82) is 0 Å². The fraction of sp³-hybridized carbons (Fsp3) is 0.429. The zero-order valence-electron chi connectivity index (χ0n) is 11.9. The van der Waals surface area contributed by atoms with Crippen molar-refractivity contribution in [2.75, 3.05) is 11.9 Å². The Kier molecular flexibility index (Phi) is 3.83. The summed E-state index contributed by atoms with van der Waals surface area (Å²) in [6.07, 6.45) is 0. The van der Waals surface area contributed by atoms with Crippen molar-refractivity contribution in [3.05, 3.63) is 23.8 Å². The minimum atomic E-state index is -0.276. The molecule has 0 atom stereocenters. The lowest BCUT2D eigenvalue weighted by atomic mass is 10.1. The van der Waals surface area contributed by atoms with E-state index in [1.165, 1.54) is 0 Å². The second-order valence-electron chi connectivity index (χ2n) is 5.73.